The molecule has 2 rings (SSSR count). The number of aromatic carboxylic acids is 1. The summed E-state index contributed by atoms with van der Waals surface area (Å²) in [5, 5.41) is 11.6. The third-order valence-electron chi connectivity index (χ3n) is 3.27. The lowest BCUT2D eigenvalue weighted by Gasteiger charge is -2.16. The predicted octanol–water partition coefficient (Wildman–Crippen LogP) is 1.55. The molecule has 17 heavy (non-hydrogen) atoms. The number of rotatable bonds is 4. The zero-order chi connectivity index (χ0) is 12.5. The van der Waals surface area contributed by atoms with Gasteiger partial charge in [0.25, 0.3) is 0 Å². The number of carbonyl (C=O) groups is 2. The molecule has 0 atom stereocenters. The molecule has 0 aromatic heterocycles. The maximum atomic E-state index is 10.9. The van der Waals surface area contributed by atoms with Crippen LogP contribution in [0.4, 0.5) is 0 Å². The van der Waals surface area contributed by atoms with E-state index in [0.29, 0.717) is 12.1 Å². The van der Waals surface area contributed by atoms with Gasteiger partial charge in [0.05, 0.1) is 5.56 Å². The lowest BCUT2D eigenvalue weighted by Crippen LogP contribution is -2.30. The van der Waals surface area contributed by atoms with Crippen molar-refractivity contribution in [1.29, 1.82) is 0 Å². The second kappa shape index (κ2) is 4.20. The van der Waals surface area contributed by atoms with E-state index in [1.54, 1.807) is 12.1 Å². The van der Waals surface area contributed by atoms with E-state index in [0.717, 1.165) is 18.4 Å². The highest BCUT2D eigenvalue weighted by Crippen LogP contribution is 2.47. The van der Waals surface area contributed by atoms with Gasteiger partial charge in [-0.3, -0.25) is 4.79 Å². The van der Waals surface area contributed by atoms with Crippen molar-refractivity contribution in [3.05, 3.63) is 35.4 Å². The predicted molar refractivity (Wildman–Crippen MR) is 63.0 cm³/mol. The second-order valence-corrected chi connectivity index (χ2v) is 4.57. The molecule has 1 fully saturated rings. The lowest BCUT2D eigenvalue weighted by atomic mass is 9.95. The first-order valence-electron chi connectivity index (χ1n) is 5.62. The maximum Gasteiger partial charge on any atom is 0.335 e. The molecule has 4 heteroatoms. The molecule has 0 aliphatic heterocycles. The molecule has 4 nitrogen and oxygen atoms in total. The van der Waals surface area contributed by atoms with Gasteiger partial charge in [-0.25, -0.2) is 4.79 Å². The third kappa shape index (κ3) is 2.46. The van der Waals surface area contributed by atoms with Crippen LogP contribution in [0.25, 0.3) is 0 Å². The Bertz CT molecular complexity index is 446. The molecule has 1 aliphatic rings. The van der Waals surface area contributed by atoms with Crippen molar-refractivity contribution in [2.45, 2.75) is 25.2 Å². The van der Waals surface area contributed by atoms with Crippen LogP contribution in [0, 0.1) is 0 Å². The van der Waals surface area contributed by atoms with Gasteiger partial charge in [0, 0.05) is 18.9 Å². The van der Waals surface area contributed by atoms with Gasteiger partial charge in [0.15, 0.2) is 0 Å². The van der Waals surface area contributed by atoms with E-state index >= 15 is 0 Å². The van der Waals surface area contributed by atoms with E-state index in [4.69, 9.17) is 5.11 Å². The molecule has 1 aromatic rings. The van der Waals surface area contributed by atoms with Crippen LogP contribution in [0.5, 0.6) is 0 Å². The van der Waals surface area contributed by atoms with Crippen LogP contribution in [0.1, 0.15) is 35.7 Å². The van der Waals surface area contributed by atoms with Gasteiger partial charge in [0.2, 0.25) is 5.91 Å². The van der Waals surface area contributed by atoms with Gasteiger partial charge >= 0.3 is 5.97 Å². The number of benzene rings is 1. The van der Waals surface area contributed by atoms with Crippen molar-refractivity contribution in [2.75, 3.05) is 6.54 Å². The highest BCUT2D eigenvalue weighted by molar-refractivity contribution is 5.87. The summed E-state index contributed by atoms with van der Waals surface area (Å²) in [4.78, 5) is 21.6. The van der Waals surface area contributed by atoms with Crippen LogP contribution in [-0.2, 0) is 10.2 Å². The topological polar surface area (TPSA) is 66.4 Å². The molecule has 0 bridgehead atoms. The van der Waals surface area contributed by atoms with Gasteiger partial charge in [-0.05, 0) is 30.5 Å². The number of nitrogens with one attached hydrogen (secondary N) is 1. The van der Waals surface area contributed by atoms with Gasteiger partial charge in [-0.2, -0.15) is 0 Å². The molecule has 2 N–H and O–H groups in total. The fourth-order valence-corrected chi connectivity index (χ4v) is 1.98. The number of amides is 1. The van der Waals surface area contributed by atoms with E-state index in [9.17, 15) is 9.59 Å². The standard InChI is InChI=1S/C13H15NO3/c1-9(15)14-8-13(6-7-13)11-4-2-10(3-5-11)12(16)17/h2-5H,6-8H2,1H3,(H,14,15)(H,16,17). The molecule has 1 amide bonds. The molecular formula is C13H15NO3. The smallest absolute Gasteiger partial charge is 0.335 e. The quantitative estimate of drug-likeness (QED) is 0.829. The number of hydrogen-bond donors (Lipinski definition) is 2. The molecule has 90 valence electrons. The highest BCUT2D eigenvalue weighted by atomic mass is 16.4. The van der Waals surface area contributed by atoms with Crippen molar-refractivity contribution >= 4 is 11.9 Å². The van der Waals surface area contributed by atoms with Crippen molar-refractivity contribution in [1.82, 2.24) is 5.32 Å². The van der Waals surface area contributed by atoms with E-state index in [1.807, 2.05) is 12.1 Å². The molecule has 0 spiro atoms. The summed E-state index contributed by atoms with van der Waals surface area (Å²) in [5.41, 5.74) is 1.43. The minimum absolute atomic E-state index is 0.0292. The first kappa shape index (κ1) is 11.6. The Morgan fingerprint density at radius 2 is 1.88 bits per heavy atom. The first-order chi connectivity index (χ1) is 8.03. The average Bonchev–Trinajstić information content (AvgIpc) is 3.08. The Labute approximate surface area is 99.6 Å². The average molecular weight is 233 g/mol. The van der Waals surface area contributed by atoms with Crippen LogP contribution in [0.2, 0.25) is 0 Å². The third-order valence-corrected chi connectivity index (χ3v) is 3.27. The number of carbonyl (C=O) groups excluding carboxylic acids is 1. The zero-order valence-corrected chi connectivity index (χ0v) is 9.69. The van der Waals surface area contributed by atoms with Crippen molar-refractivity contribution in [2.24, 2.45) is 0 Å². The van der Waals surface area contributed by atoms with Crippen LogP contribution in [0.3, 0.4) is 0 Å². The summed E-state index contributed by atoms with van der Waals surface area (Å²) < 4.78 is 0. The van der Waals surface area contributed by atoms with Crippen LogP contribution in [0.15, 0.2) is 24.3 Å². The fourth-order valence-electron chi connectivity index (χ4n) is 1.98. The van der Waals surface area contributed by atoms with Gasteiger partial charge < -0.3 is 10.4 Å². The van der Waals surface area contributed by atoms with Crippen molar-refractivity contribution < 1.29 is 14.7 Å². The minimum atomic E-state index is -0.914. The minimum Gasteiger partial charge on any atom is -0.478 e. The summed E-state index contributed by atoms with van der Waals surface area (Å²) in [6, 6.07) is 6.92. The van der Waals surface area contributed by atoms with E-state index in [-0.39, 0.29) is 11.3 Å². The monoisotopic (exact) mass is 233 g/mol. The Morgan fingerprint density at radius 3 is 2.29 bits per heavy atom. The largest absolute Gasteiger partial charge is 0.478 e. The summed E-state index contributed by atoms with van der Waals surface area (Å²) >= 11 is 0. The molecule has 1 saturated carbocycles. The lowest BCUT2D eigenvalue weighted by molar-refractivity contribution is -0.119. The first-order valence-corrected chi connectivity index (χ1v) is 5.62. The van der Waals surface area contributed by atoms with Gasteiger partial charge in [0.1, 0.15) is 0 Å². The van der Waals surface area contributed by atoms with Crippen molar-refractivity contribution in [3.8, 4) is 0 Å². The normalized spacial score (nSPS) is 16.3. The molecular weight excluding hydrogens is 218 g/mol. The summed E-state index contributed by atoms with van der Waals surface area (Å²) in [6.07, 6.45) is 2.08. The Hall–Kier alpha value is -1.84. The maximum absolute atomic E-state index is 10.9. The van der Waals surface area contributed by atoms with E-state index < -0.39 is 5.97 Å². The Balaban J connectivity index is 2.11. The zero-order valence-electron chi connectivity index (χ0n) is 9.69. The Kier molecular flexibility index (Phi) is 2.88. The molecule has 1 aliphatic carbocycles. The van der Waals surface area contributed by atoms with E-state index in [2.05, 4.69) is 5.32 Å². The highest BCUT2D eigenvalue weighted by Gasteiger charge is 2.44. The molecule has 0 saturated heterocycles. The summed E-state index contributed by atoms with van der Waals surface area (Å²) in [6.45, 7) is 2.14. The Morgan fingerprint density at radius 1 is 1.29 bits per heavy atom. The molecule has 1 aromatic carbocycles. The van der Waals surface area contributed by atoms with Crippen LogP contribution >= 0.6 is 0 Å². The molecule has 0 unspecified atom stereocenters. The SMILES string of the molecule is CC(=O)NCC1(c2ccc(C(=O)O)cc2)CC1. The van der Waals surface area contributed by atoms with Crippen LogP contribution < -0.4 is 5.32 Å². The van der Waals surface area contributed by atoms with Crippen LogP contribution in [-0.4, -0.2) is 23.5 Å². The summed E-state index contributed by atoms with van der Waals surface area (Å²) in [5.74, 6) is -0.943. The number of carboxylic acids is 1. The number of hydrogen-bond acceptors (Lipinski definition) is 2. The number of carboxylic acid groups (broad SMARTS) is 1. The van der Waals surface area contributed by atoms with Crippen molar-refractivity contribution in [3.63, 3.8) is 0 Å². The fraction of sp³-hybridized carbons (Fsp3) is 0.385. The molecule has 0 radical (unpaired) electrons. The van der Waals surface area contributed by atoms with Gasteiger partial charge in [-0.1, -0.05) is 12.1 Å². The van der Waals surface area contributed by atoms with E-state index in [1.165, 1.54) is 6.92 Å². The molecule has 0 heterocycles. The van der Waals surface area contributed by atoms with Gasteiger partial charge in [-0.15, -0.1) is 0 Å². The summed E-state index contributed by atoms with van der Waals surface area (Å²) in [7, 11) is 0. The second-order valence-electron chi connectivity index (χ2n) is 4.57.